The van der Waals surface area contributed by atoms with Crippen molar-refractivity contribution in [1.29, 1.82) is 0 Å². The third kappa shape index (κ3) is 4.55. The molecule has 1 aromatic carbocycles. The van der Waals surface area contributed by atoms with Crippen LogP contribution in [0.4, 0.5) is 0 Å². The van der Waals surface area contributed by atoms with E-state index in [1.807, 2.05) is 0 Å². The predicted octanol–water partition coefficient (Wildman–Crippen LogP) is 0.737. The van der Waals surface area contributed by atoms with Crippen LogP contribution in [0.3, 0.4) is 0 Å². The van der Waals surface area contributed by atoms with Crippen molar-refractivity contribution < 1.29 is 29.2 Å². The van der Waals surface area contributed by atoms with Gasteiger partial charge in [-0.05, 0) is 12.1 Å². The van der Waals surface area contributed by atoms with Crippen LogP contribution in [0.2, 0.25) is 0 Å². The monoisotopic (exact) mass is 288 g/mol. The summed E-state index contributed by atoms with van der Waals surface area (Å²) < 4.78 is 20.6. The Bertz CT molecular complexity index is 400. The summed E-state index contributed by atoms with van der Waals surface area (Å²) in [6.45, 7) is -0.576. The molecule has 0 aliphatic carbocycles. The second kappa shape index (κ2) is 7.78. The molecular weight excluding hydrogens is 272 g/mol. The first kappa shape index (κ1) is 15.5. The Morgan fingerprint density at radius 1 is 1.26 bits per heavy atom. The summed E-state index contributed by atoms with van der Waals surface area (Å²) >= 11 is 4.87. The molecule has 0 aliphatic rings. The van der Waals surface area contributed by atoms with Crippen molar-refractivity contribution in [2.24, 2.45) is 0 Å². The molecule has 0 fully saturated rings. The Kier molecular flexibility index (Phi) is 6.34. The molecule has 0 saturated carbocycles. The van der Waals surface area contributed by atoms with Crippen LogP contribution >= 0.6 is 12.2 Å². The molecule has 0 saturated heterocycles. The van der Waals surface area contributed by atoms with E-state index in [4.69, 9.17) is 41.4 Å². The van der Waals surface area contributed by atoms with Crippen molar-refractivity contribution in [1.82, 2.24) is 0 Å². The first-order valence-electron chi connectivity index (χ1n) is 5.46. The number of benzene rings is 1. The third-order valence-corrected chi connectivity index (χ3v) is 2.37. The fourth-order valence-corrected chi connectivity index (χ4v) is 1.40. The zero-order valence-corrected chi connectivity index (χ0v) is 11.5. The lowest BCUT2D eigenvalue weighted by Gasteiger charge is -2.15. The molecule has 0 aliphatic heterocycles. The van der Waals surface area contributed by atoms with Gasteiger partial charge in [-0.25, -0.2) is 0 Å². The molecule has 0 radical (unpaired) electrons. The highest BCUT2D eigenvalue weighted by Gasteiger charge is 2.15. The molecule has 0 spiro atoms. The van der Waals surface area contributed by atoms with Gasteiger partial charge in [-0.2, -0.15) is 0 Å². The number of aliphatic hydroxyl groups excluding tert-OH is 2. The summed E-state index contributed by atoms with van der Waals surface area (Å²) in [7, 11) is 2.97. The summed E-state index contributed by atoms with van der Waals surface area (Å²) in [5.41, 5.74) is 0. The minimum atomic E-state index is -1.01. The molecule has 7 heteroatoms. The molecule has 6 nitrogen and oxygen atoms in total. The van der Waals surface area contributed by atoms with Crippen molar-refractivity contribution in [2.75, 3.05) is 27.4 Å². The Hall–Kier alpha value is -1.57. The minimum Gasteiger partial charge on any atom is -0.493 e. The Morgan fingerprint density at radius 2 is 1.84 bits per heavy atom. The second-order valence-corrected chi connectivity index (χ2v) is 3.82. The number of thiocarbonyl (C=S) groups is 1. The molecule has 1 unspecified atom stereocenters. The van der Waals surface area contributed by atoms with E-state index in [1.54, 1.807) is 18.2 Å². The first-order chi connectivity index (χ1) is 9.12. The van der Waals surface area contributed by atoms with Gasteiger partial charge in [0, 0.05) is 12.2 Å². The maximum absolute atomic E-state index is 9.13. The van der Waals surface area contributed by atoms with Crippen molar-refractivity contribution in [3.05, 3.63) is 18.2 Å². The van der Waals surface area contributed by atoms with Crippen molar-refractivity contribution >= 4 is 17.5 Å². The van der Waals surface area contributed by atoms with Crippen LogP contribution in [-0.4, -0.2) is 49.0 Å². The van der Waals surface area contributed by atoms with Gasteiger partial charge in [0.15, 0.2) is 11.5 Å². The second-order valence-electron chi connectivity index (χ2n) is 3.49. The van der Waals surface area contributed by atoms with Crippen LogP contribution in [0.1, 0.15) is 0 Å². The Balaban J connectivity index is 2.72. The molecule has 0 amide bonds. The van der Waals surface area contributed by atoms with Crippen molar-refractivity contribution in [3.63, 3.8) is 0 Å². The lowest BCUT2D eigenvalue weighted by Crippen LogP contribution is -2.23. The molecule has 0 aromatic heterocycles. The standard InChI is InChI=1S/C12H16O6S/c1-15-9-4-3-5-10(16-2)11(9)18-12(19)17-7-8(14)6-13/h3-5,8,13-14H,6-7H2,1-2H3. The van der Waals surface area contributed by atoms with Crippen molar-refractivity contribution in [2.45, 2.75) is 6.10 Å². The summed E-state index contributed by atoms with van der Waals surface area (Å²) in [5, 5.41) is 17.6. The number of methoxy groups -OCH3 is 2. The lowest BCUT2D eigenvalue weighted by molar-refractivity contribution is 0.0436. The fraction of sp³-hybridized carbons (Fsp3) is 0.417. The van der Waals surface area contributed by atoms with Gasteiger partial charge in [0.05, 0.1) is 20.8 Å². The fourth-order valence-electron chi connectivity index (χ4n) is 1.25. The quantitative estimate of drug-likeness (QED) is 0.747. The number of hydrogen-bond acceptors (Lipinski definition) is 7. The van der Waals surface area contributed by atoms with E-state index in [1.165, 1.54) is 14.2 Å². The van der Waals surface area contributed by atoms with Crippen LogP contribution < -0.4 is 14.2 Å². The van der Waals surface area contributed by atoms with Gasteiger partial charge >= 0.3 is 5.24 Å². The van der Waals surface area contributed by atoms with Gasteiger partial charge in [-0.15, -0.1) is 0 Å². The predicted molar refractivity (Wildman–Crippen MR) is 71.8 cm³/mol. The van der Waals surface area contributed by atoms with Crippen LogP contribution in [0.25, 0.3) is 0 Å². The summed E-state index contributed by atoms with van der Waals surface area (Å²) in [4.78, 5) is 0. The zero-order chi connectivity index (χ0) is 14.3. The van der Waals surface area contributed by atoms with Gasteiger partial charge in [-0.3, -0.25) is 0 Å². The van der Waals surface area contributed by atoms with Crippen LogP contribution in [0, 0.1) is 0 Å². The van der Waals surface area contributed by atoms with E-state index in [0.29, 0.717) is 11.5 Å². The molecule has 0 heterocycles. The SMILES string of the molecule is COc1cccc(OC)c1OC(=S)OCC(O)CO. The van der Waals surface area contributed by atoms with Crippen LogP contribution in [0.5, 0.6) is 17.2 Å². The molecule has 106 valence electrons. The zero-order valence-electron chi connectivity index (χ0n) is 10.7. The number of aliphatic hydroxyl groups is 2. The van der Waals surface area contributed by atoms with Gasteiger partial charge in [0.2, 0.25) is 5.75 Å². The van der Waals surface area contributed by atoms with E-state index in [9.17, 15) is 0 Å². The summed E-state index contributed by atoms with van der Waals surface area (Å²) in [6.07, 6.45) is -1.01. The largest absolute Gasteiger partial charge is 0.493 e. The van der Waals surface area contributed by atoms with Crippen LogP contribution in [-0.2, 0) is 4.74 Å². The maximum Gasteiger partial charge on any atom is 0.358 e. The van der Waals surface area contributed by atoms with E-state index in [2.05, 4.69) is 0 Å². The smallest absolute Gasteiger partial charge is 0.358 e. The average Bonchev–Trinajstić information content (AvgIpc) is 2.44. The molecule has 2 N–H and O–H groups in total. The number of rotatable bonds is 6. The highest BCUT2D eigenvalue weighted by atomic mass is 32.1. The molecule has 19 heavy (non-hydrogen) atoms. The molecule has 1 atom stereocenters. The topological polar surface area (TPSA) is 77.4 Å². The molecule has 1 aromatic rings. The van der Waals surface area contributed by atoms with Crippen molar-refractivity contribution in [3.8, 4) is 17.2 Å². The normalized spacial score (nSPS) is 11.6. The number of para-hydroxylation sites is 1. The van der Waals surface area contributed by atoms with Gasteiger partial charge in [0.25, 0.3) is 0 Å². The Labute approximate surface area is 116 Å². The molecule has 1 rings (SSSR count). The summed E-state index contributed by atoms with van der Waals surface area (Å²) in [5.74, 6) is 1.16. The van der Waals surface area contributed by atoms with Crippen LogP contribution in [0.15, 0.2) is 18.2 Å². The highest BCUT2D eigenvalue weighted by Crippen LogP contribution is 2.36. The van der Waals surface area contributed by atoms with Gasteiger partial charge in [0.1, 0.15) is 12.7 Å². The lowest BCUT2D eigenvalue weighted by atomic mass is 10.3. The maximum atomic E-state index is 9.13. The molecule has 0 bridgehead atoms. The Morgan fingerprint density at radius 3 is 2.32 bits per heavy atom. The number of ether oxygens (including phenoxy) is 4. The molecular formula is C12H16O6S. The van der Waals surface area contributed by atoms with E-state index in [0.717, 1.165) is 0 Å². The van der Waals surface area contributed by atoms with E-state index in [-0.39, 0.29) is 17.6 Å². The minimum absolute atomic E-state index is 0.160. The van der Waals surface area contributed by atoms with E-state index >= 15 is 0 Å². The third-order valence-electron chi connectivity index (χ3n) is 2.17. The van der Waals surface area contributed by atoms with E-state index < -0.39 is 12.7 Å². The first-order valence-corrected chi connectivity index (χ1v) is 5.87. The average molecular weight is 288 g/mol. The highest BCUT2D eigenvalue weighted by molar-refractivity contribution is 7.79. The number of hydrogen-bond donors (Lipinski definition) is 2. The summed E-state index contributed by atoms with van der Waals surface area (Å²) in [6, 6.07) is 5.11. The van der Waals surface area contributed by atoms with Gasteiger partial charge < -0.3 is 29.2 Å². The van der Waals surface area contributed by atoms with Gasteiger partial charge in [-0.1, -0.05) is 6.07 Å².